The van der Waals surface area contributed by atoms with E-state index in [1.54, 1.807) is 0 Å². The van der Waals surface area contributed by atoms with Crippen LogP contribution < -0.4 is 11.1 Å². The molecule has 1 amide bonds. The lowest BCUT2D eigenvalue weighted by Gasteiger charge is -2.20. The van der Waals surface area contributed by atoms with Crippen molar-refractivity contribution in [3.63, 3.8) is 0 Å². The quantitative estimate of drug-likeness (QED) is 0.425. The van der Waals surface area contributed by atoms with Crippen LogP contribution in [0.4, 0.5) is 5.69 Å². The molecule has 0 saturated carbocycles. The van der Waals surface area contributed by atoms with E-state index in [2.05, 4.69) is 38.2 Å². The first-order chi connectivity index (χ1) is 11.2. The number of nitrogens with two attached hydrogens (primary N) is 1. The molecule has 0 aromatic heterocycles. The van der Waals surface area contributed by atoms with E-state index < -0.39 is 0 Å². The lowest BCUT2D eigenvalue weighted by Crippen LogP contribution is -2.21. The summed E-state index contributed by atoms with van der Waals surface area (Å²) in [5.74, 6) is 1.21. The number of rotatable bonds is 8. The van der Waals surface area contributed by atoms with Gasteiger partial charge in [-0.1, -0.05) is 64.9 Å². The topological polar surface area (TPSA) is 76.7 Å². The highest BCUT2D eigenvalue weighted by molar-refractivity contribution is 5.93. The molecule has 1 aromatic carbocycles. The number of nitrogens with zero attached hydrogens (tertiary/aromatic N) is 1. The number of carbonyl (C=O) groups excluding carboxylic acids is 1. The first-order valence-electron chi connectivity index (χ1n) is 8.59. The molecule has 1 rings (SSSR count). The van der Waals surface area contributed by atoms with Gasteiger partial charge < -0.3 is 15.9 Å². The van der Waals surface area contributed by atoms with E-state index in [0.29, 0.717) is 30.0 Å². The Morgan fingerprint density at radius 2 is 1.67 bits per heavy atom. The van der Waals surface area contributed by atoms with E-state index in [-0.39, 0.29) is 12.5 Å². The second kappa shape index (κ2) is 9.30. The standard InChI is InChI=1S/C19H31N3O2/c1-12(2)10-17(20)22-24-11-18(23)21-19-15(13(3)4)8-7-9-16(19)14(5)6/h7-9,12-14H,10-11H2,1-6H3,(H2,20,22)(H,21,23). The second-order valence-corrected chi connectivity index (χ2v) is 7.12. The van der Waals surface area contributed by atoms with Gasteiger partial charge in [-0.15, -0.1) is 0 Å². The molecule has 0 atom stereocenters. The first-order valence-corrected chi connectivity index (χ1v) is 8.59. The number of oxime groups is 1. The zero-order valence-corrected chi connectivity index (χ0v) is 15.7. The van der Waals surface area contributed by atoms with E-state index in [4.69, 9.17) is 10.6 Å². The monoisotopic (exact) mass is 333 g/mol. The fourth-order valence-electron chi connectivity index (χ4n) is 2.50. The maximum atomic E-state index is 12.2. The molecule has 0 heterocycles. The highest BCUT2D eigenvalue weighted by Gasteiger charge is 2.16. The zero-order chi connectivity index (χ0) is 18.3. The number of carbonyl (C=O) groups is 1. The molecule has 0 aliphatic rings. The molecular formula is C19H31N3O2. The lowest BCUT2D eigenvalue weighted by atomic mass is 9.92. The molecule has 0 saturated heterocycles. The van der Waals surface area contributed by atoms with Crippen molar-refractivity contribution in [1.29, 1.82) is 0 Å². The minimum absolute atomic E-state index is 0.150. The number of nitrogens with one attached hydrogen (secondary N) is 1. The van der Waals surface area contributed by atoms with Gasteiger partial charge in [-0.2, -0.15) is 0 Å². The molecule has 0 unspecified atom stereocenters. The second-order valence-electron chi connectivity index (χ2n) is 7.12. The minimum Gasteiger partial charge on any atom is -0.384 e. The average Bonchev–Trinajstić information content (AvgIpc) is 2.45. The van der Waals surface area contributed by atoms with Gasteiger partial charge in [0.05, 0.1) is 0 Å². The van der Waals surface area contributed by atoms with E-state index in [1.165, 1.54) is 0 Å². The van der Waals surface area contributed by atoms with Crippen LogP contribution in [0.3, 0.4) is 0 Å². The van der Waals surface area contributed by atoms with Gasteiger partial charge in [0.1, 0.15) is 5.84 Å². The molecule has 5 nitrogen and oxygen atoms in total. The molecule has 134 valence electrons. The molecule has 0 bridgehead atoms. The van der Waals surface area contributed by atoms with Crippen LogP contribution in [0.1, 0.15) is 70.9 Å². The van der Waals surface area contributed by atoms with Gasteiger partial charge in [0.15, 0.2) is 6.61 Å². The summed E-state index contributed by atoms with van der Waals surface area (Å²) in [6.07, 6.45) is 0.648. The molecule has 0 radical (unpaired) electrons. The Bertz CT molecular complexity index is 552. The predicted molar refractivity (Wildman–Crippen MR) is 100 cm³/mol. The van der Waals surface area contributed by atoms with Crippen molar-refractivity contribution < 1.29 is 9.63 Å². The van der Waals surface area contributed by atoms with Crippen LogP contribution in [0.15, 0.2) is 23.4 Å². The van der Waals surface area contributed by atoms with Crippen molar-refractivity contribution in [2.24, 2.45) is 16.8 Å². The molecule has 24 heavy (non-hydrogen) atoms. The van der Waals surface area contributed by atoms with Gasteiger partial charge >= 0.3 is 0 Å². The maximum absolute atomic E-state index is 12.2. The number of para-hydroxylation sites is 1. The number of hydrogen-bond acceptors (Lipinski definition) is 3. The Morgan fingerprint density at radius 1 is 1.12 bits per heavy atom. The smallest absolute Gasteiger partial charge is 0.265 e. The van der Waals surface area contributed by atoms with Crippen LogP contribution in [0.5, 0.6) is 0 Å². The third-order valence-electron chi connectivity index (χ3n) is 3.63. The highest BCUT2D eigenvalue weighted by Crippen LogP contribution is 2.32. The Hall–Kier alpha value is -2.04. The summed E-state index contributed by atoms with van der Waals surface area (Å²) in [6.45, 7) is 12.4. The number of amides is 1. The van der Waals surface area contributed by atoms with Gasteiger partial charge in [-0.25, -0.2) is 0 Å². The SMILES string of the molecule is CC(C)CC(N)=NOCC(=O)Nc1c(C(C)C)cccc1C(C)C. The Labute approximate surface area is 145 Å². The summed E-state index contributed by atoms with van der Waals surface area (Å²) >= 11 is 0. The van der Waals surface area contributed by atoms with Crippen molar-refractivity contribution in [2.75, 3.05) is 11.9 Å². The summed E-state index contributed by atoms with van der Waals surface area (Å²) in [5.41, 5.74) is 8.86. The third-order valence-corrected chi connectivity index (χ3v) is 3.63. The van der Waals surface area contributed by atoms with Gasteiger partial charge in [0.2, 0.25) is 0 Å². The van der Waals surface area contributed by atoms with Crippen LogP contribution in [0.25, 0.3) is 0 Å². The fourth-order valence-corrected chi connectivity index (χ4v) is 2.50. The Morgan fingerprint density at radius 3 is 2.12 bits per heavy atom. The molecule has 0 spiro atoms. The van der Waals surface area contributed by atoms with E-state index in [0.717, 1.165) is 16.8 Å². The molecule has 1 aromatic rings. The number of hydrogen-bond donors (Lipinski definition) is 2. The molecule has 0 fully saturated rings. The van der Waals surface area contributed by atoms with Gasteiger partial charge in [0.25, 0.3) is 5.91 Å². The van der Waals surface area contributed by atoms with Crippen LogP contribution in [-0.4, -0.2) is 18.3 Å². The molecule has 0 aliphatic heterocycles. The molecule has 5 heteroatoms. The summed E-state index contributed by atoms with van der Waals surface area (Å²) in [4.78, 5) is 17.3. The van der Waals surface area contributed by atoms with Gasteiger partial charge in [0, 0.05) is 12.1 Å². The summed E-state index contributed by atoms with van der Waals surface area (Å²) < 4.78 is 0. The predicted octanol–water partition coefficient (Wildman–Crippen LogP) is 4.21. The highest BCUT2D eigenvalue weighted by atomic mass is 16.6. The fraction of sp³-hybridized carbons (Fsp3) is 0.579. The summed E-state index contributed by atoms with van der Waals surface area (Å²) in [5, 5.41) is 6.78. The van der Waals surface area contributed by atoms with E-state index >= 15 is 0 Å². The van der Waals surface area contributed by atoms with Crippen LogP contribution >= 0.6 is 0 Å². The van der Waals surface area contributed by atoms with Crippen molar-refractivity contribution in [3.05, 3.63) is 29.3 Å². The van der Waals surface area contributed by atoms with E-state index in [1.807, 2.05) is 32.0 Å². The Kier molecular flexibility index (Phi) is 7.75. The van der Waals surface area contributed by atoms with E-state index in [9.17, 15) is 4.79 Å². The number of benzene rings is 1. The largest absolute Gasteiger partial charge is 0.384 e. The van der Waals surface area contributed by atoms with Crippen molar-refractivity contribution in [2.45, 2.75) is 59.8 Å². The Balaban J connectivity index is 2.79. The van der Waals surface area contributed by atoms with Crippen LogP contribution in [-0.2, 0) is 9.63 Å². The van der Waals surface area contributed by atoms with Crippen molar-refractivity contribution in [1.82, 2.24) is 0 Å². The van der Waals surface area contributed by atoms with Crippen LogP contribution in [0, 0.1) is 5.92 Å². The zero-order valence-electron chi connectivity index (χ0n) is 15.7. The normalized spacial score (nSPS) is 12.1. The van der Waals surface area contributed by atoms with Gasteiger partial charge in [-0.05, 0) is 28.9 Å². The number of amidine groups is 1. The molecule has 3 N–H and O–H groups in total. The maximum Gasteiger partial charge on any atom is 0.265 e. The molecular weight excluding hydrogens is 302 g/mol. The summed E-state index contributed by atoms with van der Waals surface area (Å²) in [6, 6.07) is 6.13. The van der Waals surface area contributed by atoms with Crippen molar-refractivity contribution in [3.8, 4) is 0 Å². The number of anilines is 1. The van der Waals surface area contributed by atoms with Gasteiger partial charge in [-0.3, -0.25) is 4.79 Å². The van der Waals surface area contributed by atoms with Crippen LogP contribution in [0.2, 0.25) is 0 Å². The average molecular weight is 333 g/mol. The minimum atomic E-state index is -0.230. The lowest BCUT2D eigenvalue weighted by molar-refractivity contribution is -0.120. The third kappa shape index (κ3) is 6.22. The molecule has 0 aliphatic carbocycles. The summed E-state index contributed by atoms with van der Waals surface area (Å²) in [7, 11) is 0. The first kappa shape index (κ1) is 20.0. The van der Waals surface area contributed by atoms with Crippen molar-refractivity contribution >= 4 is 17.4 Å².